The van der Waals surface area contributed by atoms with Crippen molar-refractivity contribution < 1.29 is 67.6 Å². The number of hydrogen-bond acceptors (Lipinski definition) is 14. The molecule has 75 heavy (non-hydrogen) atoms. The second-order valence-corrected chi connectivity index (χ2v) is 19.1. The fourth-order valence-electron chi connectivity index (χ4n) is 8.41. The highest BCUT2D eigenvalue weighted by molar-refractivity contribution is 5.96. The van der Waals surface area contributed by atoms with Gasteiger partial charge in [0.25, 0.3) is 0 Å². The lowest BCUT2D eigenvalue weighted by Gasteiger charge is -2.30. The van der Waals surface area contributed by atoms with Crippen molar-refractivity contribution in [3.63, 3.8) is 0 Å². The third-order valence-electron chi connectivity index (χ3n) is 12.3. The molecule has 23 nitrogen and oxygen atoms in total. The number of fused-ring (bicyclic) bond motifs is 3. The van der Waals surface area contributed by atoms with Crippen LogP contribution in [0.25, 0.3) is 11.1 Å². The van der Waals surface area contributed by atoms with Crippen LogP contribution in [0.2, 0.25) is 0 Å². The van der Waals surface area contributed by atoms with Gasteiger partial charge >= 0.3 is 24.0 Å². The molecule has 0 spiro atoms. The molecule has 0 heterocycles. The van der Waals surface area contributed by atoms with E-state index >= 15 is 0 Å². The normalized spacial score (nSPS) is 15.0. The van der Waals surface area contributed by atoms with Crippen LogP contribution >= 0.6 is 0 Å². The van der Waals surface area contributed by atoms with Gasteiger partial charge in [-0.15, -0.1) is 0 Å². The maximum atomic E-state index is 13.9. The lowest BCUT2D eigenvalue weighted by molar-refractivity contribution is -0.155. The largest absolute Gasteiger partial charge is 0.481 e. The van der Waals surface area contributed by atoms with E-state index in [1.807, 2.05) is 62.4 Å². The predicted octanol–water partition coefficient (Wildman–Crippen LogP) is 0.695. The Kier molecular flexibility index (Phi) is 22.7. The SMILES string of the molecule is CC(C)C[C@H](N)[C@H](CN[C@@H](CC(=O)O)C(=O)N[C@@H](C)C(=O)N[C@@H](CCC(=O)O)C(=O)N[C@@H](Cc1ccccc1)C(N)=O)OC(=O)[C@H](CC(N)=O)NC(=O)[C@@H](NC(=O)OCC1c2ccccc2-c2ccccc21)C(C)C. The van der Waals surface area contributed by atoms with E-state index in [-0.39, 0.29) is 31.3 Å². The third kappa shape index (κ3) is 18.5. The number of esters is 1. The second kappa shape index (κ2) is 28.5. The van der Waals surface area contributed by atoms with E-state index in [1.54, 1.807) is 44.2 Å². The van der Waals surface area contributed by atoms with E-state index in [1.165, 1.54) is 6.92 Å². The van der Waals surface area contributed by atoms with Gasteiger partial charge in [0.15, 0.2) is 0 Å². The lowest BCUT2D eigenvalue weighted by Crippen LogP contribution is -2.58. The van der Waals surface area contributed by atoms with Crippen LogP contribution in [0.1, 0.15) is 89.3 Å². The molecule has 1 aliphatic rings. The molecule has 14 N–H and O–H groups in total. The van der Waals surface area contributed by atoms with Gasteiger partial charge in [-0.2, -0.15) is 0 Å². The molecule has 8 atom stereocenters. The van der Waals surface area contributed by atoms with Gasteiger partial charge in [-0.3, -0.25) is 38.4 Å². The van der Waals surface area contributed by atoms with Crippen molar-refractivity contribution in [3.8, 4) is 11.1 Å². The number of carboxylic acids is 2. The highest BCUT2D eigenvalue weighted by atomic mass is 16.6. The van der Waals surface area contributed by atoms with Gasteiger partial charge in [0.2, 0.25) is 35.4 Å². The molecular formula is C52H69N9O14. The molecule has 0 radical (unpaired) electrons. The topological polar surface area (TPSA) is 380 Å². The summed E-state index contributed by atoms with van der Waals surface area (Å²) in [6, 6.07) is 14.2. The van der Waals surface area contributed by atoms with Crippen LogP contribution in [-0.4, -0.2) is 131 Å². The van der Waals surface area contributed by atoms with E-state index in [2.05, 4.69) is 31.9 Å². The molecule has 3 aromatic rings. The molecule has 4 rings (SSSR count). The smallest absolute Gasteiger partial charge is 0.407 e. The summed E-state index contributed by atoms with van der Waals surface area (Å²) in [6.45, 7) is 7.60. The van der Waals surface area contributed by atoms with E-state index in [0.717, 1.165) is 22.3 Å². The maximum Gasteiger partial charge on any atom is 0.407 e. The second-order valence-electron chi connectivity index (χ2n) is 19.1. The molecule has 0 saturated heterocycles. The van der Waals surface area contributed by atoms with Crippen molar-refractivity contribution in [1.29, 1.82) is 0 Å². The van der Waals surface area contributed by atoms with Crippen molar-refractivity contribution >= 4 is 59.4 Å². The van der Waals surface area contributed by atoms with E-state index in [0.29, 0.717) is 5.56 Å². The Hall–Kier alpha value is -7.92. The summed E-state index contributed by atoms with van der Waals surface area (Å²) >= 11 is 0. The van der Waals surface area contributed by atoms with E-state index in [9.17, 15) is 58.2 Å². The van der Waals surface area contributed by atoms with Crippen LogP contribution in [0.15, 0.2) is 78.9 Å². The number of rotatable bonds is 30. The Morgan fingerprint density at radius 1 is 0.627 bits per heavy atom. The Morgan fingerprint density at radius 3 is 1.73 bits per heavy atom. The fraction of sp³-hybridized carbons (Fsp3) is 0.462. The number of nitrogens with two attached hydrogens (primary N) is 3. The zero-order chi connectivity index (χ0) is 55.5. The van der Waals surface area contributed by atoms with Crippen LogP contribution in [0.4, 0.5) is 4.79 Å². The number of aliphatic carboxylic acids is 2. The molecule has 0 bridgehead atoms. The summed E-state index contributed by atoms with van der Waals surface area (Å²) in [7, 11) is 0. The van der Waals surface area contributed by atoms with Crippen LogP contribution in [-0.2, 0) is 59.0 Å². The quantitative estimate of drug-likeness (QED) is 0.0409. The average Bonchev–Trinajstić information content (AvgIpc) is 3.66. The molecule has 0 unspecified atom stereocenters. The first-order chi connectivity index (χ1) is 35.4. The minimum atomic E-state index is -1.71. The van der Waals surface area contributed by atoms with Gasteiger partial charge in [0.05, 0.1) is 18.9 Å². The number of hydrogen-bond donors (Lipinski definition) is 11. The average molecular weight is 1040 g/mol. The van der Waals surface area contributed by atoms with Gasteiger partial charge in [-0.25, -0.2) is 9.59 Å². The summed E-state index contributed by atoms with van der Waals surface area (Å²) in [5, 5.41) is 34.0. The molecule has 1 aliphatic carbocycles. The number of carboxylic acid groups (broad SMARTS) is 2. The minimum absolute atomic E-state index is 0.0111. The monoisotopic (exact) mass is 1040 g/mol. The molecule has 0 aromatic heterocycles. The van der Waals surface area contributed by atoms with Gasteiger partial charge in [0, 0.05) is 31.3 Å². The van der Waals surface area contributed by atoms with Crippen molar-refractivity contribution in [2.75, 3.05) is 13.2 Å². The van der Waals surface area contributed by atoms with Crippen LogP contribution in [0.5, 0.6) is 0 Å². The number of primary amides is 2. The first kappa shape index (κ1) is 59.6. The molecule has 3 aromatic carbocycles. The number of ether oxygens (including phenoxy) is 2. The summed E-state index contributed by atoms with van der Waals surface area (Å²) in [6.07, 6.45) is -4.66. The zero-order valence-electron chi connectivity index (χ0n) is 42.5. The first-order valence-electron chi connectivity index (χ1n) is 24.5. The van der Waals surface area contributed by atoms with Crippen LogP contribution in [0.3, 0.4) is 0 Å². The number of carbonyl (C=O) groups excluding carboxylic acids is 8. The third-order valence-corrected chi connectivity index (χ3v) is 12.3. The molecule has 0 fully saturated rings. The van der Waals surface area contributed by atoms with Crippen molar-refractivity contribution in [3.05, 3.63) is 95.6 Å². The Morgan fingerprint density at radius 2 is 1.19 bits per heavy atom. The summed E-state index contributed by atoms with van der Waals surface area (Å²) in [5.74, 6) is -10.6. The van der Waals surface area contributed by atoms with E-state index < -0.39 is 146 Å². The van der Waals surface area contributed by atoms with Crippen molar-refractivity contribution in [2.45, 2.75) is 127 Å². The van der Waals surface area contributed by atoms with Crippen LogP contribution in [0, 0.1) is 11.8 Å². The molecule has 0 aliphatic heterocycles. The molecule has 0 saturated carbocycles. The highest BCUT2D eigenvalue weighted by Gasteiger charge is 2.36. The molecule has 406 valence electrons. The van der Waals surface area contributed by atoms with Gasteiger partial charge in [-0.1, -0.05) is 107 Å². The first-order valence-corrected chi connectivity index (χ1v) is 24.5. The Bertz CT molecular complexity index is 2480. The van der Waals surface area contributed by atoms with Crippen molar-refractivity contribution in [1.82, 2.24) is 31.9 Å². The van der Waals surface area contributed by atoms with Crippen LogP contribution < -0.4 is 49.1 Å². The number of amides is 7. The lowest BCUT2D eigenvalue weighted by atomic mass is 9.98. The number of nitrogens with one attached hydrogen (secondary N) is 6. The Labute approximate surface area is 434 Å². The number of carbonyl (C=O) groups is 10. The van der Waals surface area contributed by atoms with Gasteiger partial charge < -0.3 is 68.8 Å². The minimum Gasteiger partial charge on any atom is -0.481 e. The zero-order valence-corrected chi connectivity index (χ0v) is 42.5. The van der Waals surface area contributed by atoms with E-state index in [4.69, 9.17) is 26.7 Å². The van der Waals surface area contributed by atoms with Crippen molar-refractivity contribution in [2.24, 2.45) is 29.0 Å². The van der Waals surface area contributed by atoms with Gasteiger partial charge in [-0.05, 0) is 59.4 Å². The number of benzene rings is 3. The highest BCUT2D eigenvalue weighted by Crippen LogP contribution is 2.44. The Balaban J connectivity index is 1.43. The predicted molar refractivity (Wildman–Crippen MR) is 272 cm³/mol. The molecular weight excluding hydrogens is 975 g/mol. The number of alkyl carbamates (subject to hydrolysis) is 1. The van der Waals surface area contributed by atoms with Gasteiger partial charge in [0.1, 0.15) is 42.9 Å². The summed E-state index contributed by atoms with van der Waals surface area (Å²) < 4.78 is 11.4. The standard InChI is InChI=1S/C52H69N9O14/c1-27(2)21-36(53)41(25-56-39(24-44(65)66)49(70)57-29(5)47(68)58-37(19-20-43(63)64)48(69)59-38(46(55)67)22-30-13-7-6-8-14-30)75-51(72)40(23-42(54)62)60-50(71)45(28(3)4)61-52(73)74-26-35-33-17-11-9-15-31(33)32-16-10-12-18-34(32)35/h6-18,27-29,35-41,45,56H,19-26,53H2,1-5H3,(H2,54,62)(H2,55,67)(H,57,70)(H,58,68)(H,59,69)(H,60,71)(H,61,73)(H,63,64)(H,65,66)/t29-,36-,37-,38-,39-,40-,41-,45-/m0/s1. The molecule has 7 amide bonds. The summed E-state index contributed by atoms with van der Waals surface area (Å²) in [4.78, 5) is 130. The summed E-state index contributed by atoms with van der Waals surface area (Å²) in [5.41, 5.74) is 22.2. The molecule has 23 heteroatoms. The fourth-order valence-corrected chi connectivity index (χ4v) is 8.41. The maximum absolute atomic E-state index is 13.9.